The monoisotopic (exact) mass is 290 g/mol. The molecule has 0 spiro atoms. The predicted molar refractivity (Wildman–Crippen MR) is 83.1 cm³/mol. The Hall–Kier alpha value is -2.08. The Bertz CT molecular complexity index is 582. The minimum Gasteiger partial charge on any atom is -0.397 e. The fourth-order valence-electron chi connectivity index (χ4n) is 1.87. The van der Waals surface area contributed by atoms with Crippen molar-refractivity contribution in [1.29, 1.82) is 0 Å². The second-order valence-corrected chi connectivity index (χ2v) is 5.31. The number of hydrogen-bond donors (Lipinski definition) is 2. The molecule has 0 saturated heterocycles. The van der Waals surface area contributed by atoms with Crippen LogP contribution in [-0.4, -0.2) is 24.5 Å². The van der Waals surface area contributed by atoms with Gasteiger partial charge in [-0.15, -0.1) is 11.3 Å². The van der Waals surface area contributed by atoms with Gasteiger partial charge in [-0.05, 0) is 25.1 Å². The van der Waals surface area contributed by atoms with E-state index in [0.717, 1.165) is 17.2 Å². The maximum absolute atomic E-state index is 11.7. The highest BCUT2D eigenvalue weighted by Gasteiger charge is 2.16. The average molecular weight is 290 g/mol. The summed E-state index contributed by atoms with van der Waals surface area (Å²) >= 11 is 1.41. The van der Waals surface area contributed by atoms with Gasteiger partial charge in [-0.1, -0.05) is 6.07 Å². The number of rotatable bonds is 5. The normalized spacial score (nSPS) is 10.3. The topological polar surface area (TPSA) is 71.2 Å². The molecule has 0 aromatic carbocycles. The summed E-state index contributed by atoms with van der Waals surface area (Å²) in [6, 6.07) is 7.70. The minimum absolute atomic E-state index is 0.146. The van der Waals surface area contributed by atoms with Gasteiger partial charge in [0.05, 0.1) is 22.9 Å². The molecule has 0 saturated carbocycles. The number of hydrogen-bond acceptors (Lipinski definition) is 5. The summed E-state index contributed by atoms with van der Waals surface area (Å²) in [7, 11) is 1.60. The van der Waals surface area contributed by atoms with E-state index in [1.165, 1.54) is 11.3 Å². The number of carbonyl (C=O) groups is 1. The molecule has 0 aliphatic rings. The number of anilines is 2. The molecule has 20 heavy (non-hydrogen) atoms. The summed E-state index contributed by atoms with van der Waals surface area (Å²) in [6.45, 7) is 3.59. The van der Waals surface area contributed by atoms with Gasteiger partial charge < -0.3 is 16.0 Å². The van der Waals surface area contributed by atoms with Crippen molar-refractivity contribution in [2.75, 3.05) is 24.2 Å². The zero-order valence-corrected chi connectivity index (χ0v) is 12.4. The fourth-order valence-corrected chi connectivity index (χ4v) is 2.96. The number of carbonyl (C=O) groups excluding carboxylic acids is 1. The first kappa shape index (κ1) is 14.3. The highest BCUT2D eigenvalue weighted by atomic mass is 32.1. The van der Waals surface area contributed by atoms with Crippen molar-refractivity contribution >= 4 is 27.9 Å². The SMILES string of the molecule is CCN(Cc1ccccn1)c1cc(N)c(C(=O)NC)s1. The summed E-state index contributed by atoms with van der Waals surface area (Å²) < 4.78 is 0. The van der Waals surface area contributed by atoms with Crippen molar-refractivity contribution in [3.8, 4) is 0 Å². The van der Waals surface area contributed by atoms with E-state index in [1.807, 2.05) is 24.3 Å². The van der Waals surface area contributed by atoms with Crippen LogP contribution >= 0.6 is 11.3 Å². The molecule has 2 aromatic rings. The largest absolute Gasteiger partial charge is 0.397 e. The molecular formula is C14H18N4OS. The molecule has 1 amide bonds. The molecule has 0 atom stereocenters. The van der Waals surface area contributed by atoms with Crippen molar-refractivity contribution in [3.63, 3.8) is 0 Å². The van der Waals surface area contributed by atoms with Gasteiger partial charge in [-0.2, -0.15) is 0 Å². The zero-order valence-electron chi connectivity index (χ0n) is 11.6. The standard InChI is InChI=1S/C14H18N4OS/c1-3-18(9-10-6-4-5-7-17-10)12-8-11(15)13(20-12)14(19)16-2/h4-8H,3,9,15H2,1-2H3,(H,16,19). The molecule has 0 radical (unpaired) electrons. The van der Waals surface area contributed by atoms with Crippen molar-refractivity contribution < 1.29 is 4.79 Å². The minimum atomic E-state index is -0.146. The Kier molecular flexibility index (Phi) is 4.57. The lowest BCUT2D eigenvalue weighted by molar-refractivity contribution is 0.0968. The highest BCUT2D eigenvalue weighted by Crippen LogP contribution is 2.32. The maximum atomic E-state index is 11.7. The molecule has 3 N–H and O–H groups in total. The Labute approximate surface area is 122 Å². The van der Waals surface area contributed by atoms with Crippen molar-refractivity contribution in [3.05, 3.63) is 41.0 Å². The second-order valence-electron chi connectivity index (χ2n) is 4.28. The van der Waals surface area contributed by atoms with Crippen molar-refractivity contribution in [2.24, 2.45) is 0 Å². The third kappa shape index (κ3) is 3.08. The number of amides is 1. The van der Waals surface area contributed by atoms with Gasteiger partial charge in [0.1, 0.15) is 4.88 Å². The molecule has 2 rings (SSSR count). The molecule has 0 fully saturated rings. The Morgan fingerprint density at radius 2 is 2.30 bits per heavy atom. The van der Waals surface area contributed by atoms with E-state index < -0.39 is 0 Å². The van der Waals surface area contributed by atoms with Crippen molar-refractivity contribution in [2.45, 2.75) is 13.5 Å². The summed E-state index contributed by atoms with van der Waals surface area (Å²) in [4.78, 5) is 18.7. The first-order valence-electron chi connectivity index (χ1n) is 6.42. The maximum Gasteiger partial charge on any atom is 0.263 e. The third-order valence-electron chi connectivity index (χ3n) is 2.95. The molecule has 5 nitrogen and oxygen atoms in total. The number of nitrogens with one attached hydrogen (secondary N) is 1. The van der Waals surface area contributed by atoms with E-state index in [-0.39, 0.29) is 5.91 Å². The number of pyridine rings is 1. The Morgan fingerprint density at radius 3 is 2.90 bits per heavy atom. The van der Waals surface area contributed by atoms with Gasteiger partial charge in [0.25, 0.3) is 5.91 Å². The van der Waals surface area contributed by atoms with E-state index in [4.69, 9.17) is 5.73 Å². The Balaban J connectivity index is 2.22. The molecule has 106 valence electrons. The van der Waals surface area contributed by atoms with Crippen molar-refractivity contribution in [1.82, 2.24) is 10.3 Å². The summed E-state index contributed by atoms with van der Waals surface area (Å²) in [5.41, 5.74) is 7.42. The fraction of sp³-hybridized carbons (Fsp3) is 0.286. The quantitative estimate of drug-likeness (QED) is 0.884. The smallest absolute Gasteiger partial charge is 0.263 e. The van der Waals surface area contributed by atoms with E-state index in [1.54, 1.807) is 13.2 Å². The van der Waals surface area contributed by atoms with Crippen LogP contribution in [-0.2, 0) is 6.54 Å². The van der Waals surface area contributed by atoms with Gasteiger partial charge in [0.2, 0.25) is 0 Å². The average Bonchev–Trinajstić information content (AvgIpc) is 2.87. The first-order valence-corrected chi connectivity index (χ1v) is 7.23. The van der Waals surface area contributed by atoms with Gasteiger partial charge in [-0.3, -0.25) is 9.78 Å². The lowest BCUT2D eigenvalue weighted by Gasteiger charge is -2.20. The number of thiophene rings is 1. The molecule has 2 aromatic heterocycles. The highest BCUT2D eigenvalue weighted by molar-refractivity contribution is 7.18. The van der Waals surface area contributed by atoms with E-state index in [9.17, 15) is 4.79 Å². The zero-order chi connectivity index (χ0) is 14.5. The molecule has 0 aliphatic carbocycles. The molecule has 6 heteroatoms. The van der Waals surface area contributed by atoms with Crippen LogP contribution in [0, 0.1) is 0 Å². The van der Waals surface area contributed by atoms with Crippen LogP contribution in [0.3, 0.4) is 0 Å². The summed E-state index contributed by atoms with van der Waals surface area (Å²) in [5.74, 6) is -0.146. The summed E-state index contributed by atoms with van der Waals surface area (Å²) in [5, 5.41) is 3.58. The van der Waals surface area contributed by atoms with E-state index >= 15 is 0 Å². The van der Waals surface area contributed by atoms with Crippen LogP contribution in [0.4, 0.5) is 10.7 Å². The summed E-state index contributed by atoms with van der Waals surface area (Å²) in [6.07, 6.45) is 1.78. The molecule has 0 aliphatic heterocycles. The van der Waals surface area contributed by atoms with Crippen LogP contribution in [0.5, 0.6) is 0 Å². The third-order valence-corrected chi connectivity index (χ3v) is 4.16. The van der Waals surface area contributed by atoms with Crippen LogP contribution in [0.15, 0.2) is 30.5 Å². The van der Waals surface area contributed by atoms with Crippen LogP contribution in [0.2, 0.25) is 0 Å². The van der Waals surface area contributed by atoms with Crippen LogP contribution < -0.4 is 16.0 Å². The van der Waals surface area contributed by atoms with E-state index in [2.05, 4.69) is 22.1 Å². The van der Waals surface area contributed by atoms with Gasteiger partial charge in [0.15, 0.2) is 0 Å². The van der Waals surface area contributed by atoms with Gasteiger partial charge >= 0.3 is 0 Å². The number of aromatic nitrogens is 1. The predicted octanol–water partition coefficient (Wildman–Crippen LogP) is 2.11. The number of nitrogen functional groups attached to an aromatic ring is 1. The van der Waals surface area contributed by atoms with Gasteiger partial charge in [0, 0.05) is 19.8 Å². The first-order chi connectivity index (χ1) is 9.65. The van der Waals surface area contributed by atoms with E-state index in [0.29, 0.717) is 17.1 Å². The van der Waals surface area contributed by atoms with Gasteiger partial charge in [-0.25, -0.2) is 0 Å². The molecule has 2 heterocycles. The Morgan fingerprint density at radius 1 is 1.50 bits per heavy atom. The van der Waals surface area contributed by atoms with Crippen LogP contribution in [0.1, 0.15) is 22.3 Å². The number of nitrogens with two attached hydrogens (primary N) is 1. The molecular weight excluding hydrogens is 272 g/mol. The number of nitrogens with zero attached hydrogens (tertiary/aromatic N) is 2. The lowest BCUT2D eigenvalue weighted by atomic mass is 10.3. The molecule has 0 unspecified atom stereocenters. The lowest BCUT2D eigenvalue weighted by Crippen LogP contribution is -2.21. The second kappa shape index (κ2) is 6.38. The van der Waals surface area contributed by atoms with Crippen LogP contribution in [0.25, 0.3) is 0 Å². The molecule has 0 bridgehead atoms.